The molecule has 0 spiro atoms. The minimum Gasteiger partial charge on any atom is -0.494 e. The van der Waals surface area contributed by atoms with E-state index in [1.54, 1.807) is 71.4 Å². The summed E-state index contributed by atoms with van der Waals surface area (Å²) in [6.07, 6.45) is 1.71. The molecule has 0 saturated carbocycles. The number of rotatable bonds is 8. The van der Waals surface area contributed by atoms with Crippen LogP contribution in [0.15, 0.2) is 79.0 Å². The van der Waals surface area contributed by atoms with Gasteiger partial charge in [0.25, 0.3) is 11.6 Å². The Bertz CT molecular complexity index is 1340. The standard InChI is InChI=1S/C25H22N4O5/c1-2-34-22-10-7-20(8-11-22)27-25(31)17-3-5-19(6-4-17)26-24(30)16-28-14-13-18-15-21(29(32)33)9-12-23(18)28/h3-15H,2,16H2,1H3,(H,26,30)(H,27,31). The summed E-state index contributed by atoms with van der Waals surface area (Å²) in [7, 11) is 0. The topological polar surface area (TPSA) is 116 Å². The van der Waals surface area contributed by atoms with Crippen LogP contribution in [0.5, 0.6) is 5.75 Å². The number of nitrogens with zero attached hydrogens (tertiary/aromatic N) is 2. The Morgan fingerprint density at radius 3 is 2.29 bits per heavy atom. The molecule has 9 nitrogen and oxygen atoms in total. The summed E-state index contributed by atoms with van der Waals surface area (Å²) in [5.41, 5.74) is 2.37. The summed E-state index contributed by atoms with van der Waals surface area (Å²) in [5, 5.41) is 17.2. The maximum atomic E-state index is 12.5. The third kappa shape index (κ3) is 5.21. The number of carbonyl (C=O) groups is 2. The molecular formula is C25H22N4O5. The van der Waals surface area contributed by atoms with Crippen LogP contribution in [-0.2, 0) is 11.3 Å². The highest BCUT2D eigenvalue weighted by molar-refractivity contribution is 6.04. The maximum Gasteiger partial charge on any atom is 0.270 e. The number of fused-ring (bicyclic) bond motifs is 1. The molecule has 0 radical (unpaired) electrons. The van der Waals surface area contributed by atoms with Gasteiger partial charge in [-0.2, -0.15) is 0 Å². The van der Waals surface area contributed by atoms with E-state index in [0.717, 1.165) is 11.3 Å². The van der Waals surface area contributed by atoms with E-state index in [2.05, 4.69) is 10.6 Å². The number of nitro benzene ring substituents is 1. The quantitative estimate of drug-likeness (QED) is 0.290. The first-order valence-corrected chi connectivity index (χ1v) is 10.6. The molecule has 0 aliphatic heterocycles. The zero-order valence-electron chi connectivity index (χ0n) is 18.4. The number of amides is 2. The Morgan fingerprint density at radius 2 is 1.62 bits per heavy atom. The highest BCUT2D eigenvalue weighted by Gasteiger charge is 2.12. The largest absolute Gasteiger partial charge is 0.494 e. The fourth-order valence-electron chi connectivity index (χ4n) is 3.50. The van der Waals surface area contributed by atoms with Gasteiger partial charge >= 0.3 is 0 Å². The lowest BCUT2D eigenvalue weighted by Crippen LogP contribution is -2.18. The van der Waals surface area contributed by atoms with E-state index in [1.807, 2.05) is 6.92 Å². The van der Waals surface area contributed by atoms with Crippen LogP contribution in [0.25, 0.3) is 10.9 Å². The van der Waals surface area contributed by atoms with Crippen LogP contribution in [0.3, 0.4) is 0 Å². The number of ether oxygens (including phenoxy) is 1. The number of anilines is 2. The fourth-order valence-corrected chi connectivity index (χ4v) is 3.50. The number of nitrogens with one attached hydrogen (secondary N) is 2. The van der Waals surface area contributed by atoms with Crippen LogP contribution >= 0.6 is 0 Å². The summed E-state index contributed by atoms with van der Waals surface area (Å²) in [5.74, 6) is 0.201. The summed E-state index contributed by atoms with van der Waals surface area (Å²) in [6.45, 7) is 2.52. The number of benzene rings is 3. The summed E-state index contributed by atoms with van der Waals surface area (Å²) in [4.78, 5) is 35.5. The van der Waals surface area contributed by atoms with Gasteiger partial charge in [-0.3, -0.25) is 19.7 Å². The van der Waals surface area contributed by atoms with Crippen molar-refractivity contribution in [1.82, 2.24) is 4.57 Å². The van der Waals surface area contributed by atoms with Crippen LogP contribution in [0.1, 0.15) is 17.3 Å². The number of hydrogen-bond acceptors (Lipinski definition) is 5. The second-order valence-corrected chi connectivity index (χ2v) is 7.48. The molecule has 9 heteroatoms. The minimum atomic E-state index is -0.453. The molecule has 0 fully saturated rings. The molecule has 0 saturated heterocycles. The number of aromatic nitrogens is 1. The first kappa shape index (κ1) is 22.5. The first-order chi connectivity index (χ1) is 16.4. The molecule has 2 N–H and O–H groups in total. The molecular weight excluding hydrogens is 436 g/mol. The maximum absolute atomic E-state index is 12.5. The average Bonchev–Trinajstić information content (AvgIpc) is 3.22. The SMILES string of the molecule is CCOc1ccc(NC(=O)c2ccc(NC(=O)Cn3ccc4cc([N+](=O)[O-])ccc43)cc2)cc1. The van der Waals surface area contributed by atoms with Crippen molar-refractivity contribution in [3.8, 4) is 5.75 Å². The summed E-state index contributed by atoms with van der Waals surface area (Å²) in [6, 6.07) is 19.9. The van der Waals surface area contributed by atoms with Gasteiger partial charge in [-0.1, -0.05) is 0 Å². The van der Waals surface area contributed by atoms with Crippen LogP contribution in [-0.4, -0.2) is 27.9 Å². The normalized spacial score (nSPS) is 10.6. The molecule has 0 aliphatic rings. The molecule has 4 rings (SSSR count). The Hall–Kier alpha value is -4.66. The lowest BCUT2D eigenvalue weighted by Gasteiger charge is -2.09. The molecule has 2 amide bonds. The second kappa shape index (κ2) is 9.86. The van der Waals surface area contributed by atoms with Crippen LogP contribution in [0.2, 0.25) is 0 Å². The molecule has 1 aromatic heterocycles. The van der Waals surface area contributed by atoms with Crippen molar-refractivity contribution in [3.05, 3.63) is 94.7 Å². The lowest BCUT2D eigenvalue weighted by molar-refractivity contribution is -0.384. The van der Waals surface area contributed by atoms with E-state index in [4.69, 9.17) is 4.74 Å². The second-order valence-electron chi connectivity index (χ2n) is 7.48. The highest BCUT2D eigenvalue weighted by Crippen LogP contribution is 2.22. The molecule has 0 atom stereocenters. The molecule has 34 heavy (non-hydrogen) atoms. The molecule has 4 aromatic rings. The van der Waals surface area contributed by atoms with Gasteiger partial charge in [0.05, 0.1) is 11.5 Å². The van der Waals surface area contributed by atoms with Gasteiger partial charge in [0.2, 0.25) is 5.91 Å². The molecule has 172 valence electrons. The van der Waals surface area contributed by atoms with Crippen LogP contribution < -0.4 is 15.4 Å². The van der Waals surface area contributed by atoms with E-state index in [0.29, 0.717) is 28.9 Å². The third-order valence-corrected chi connectivity index (χ3v) is 5.13. The molecule has 3 aromatic carbocycles. The minimum absolute atomic E-state index is 0.00125. The summed E-state index contributed by atoms with van der Waals surface area (Å²) < 4.78 is 7.10. The van der Waals surface area contributed by atoms with Crippen molar-refractivity contribution in [2.75, 3.05) is 17.2 Å². The highest BCUT2D eigenvalue weighted by atomic mass is 16.6. The van der Waals surface area contributed by atoms with E-state index in [-0.39, 0.29) is 24.0 Å². The Balaban J connectivity index is 1.35. The fraction of sp³-hybridized carbons (Fsp3) is 0.120. The number of nitro groups is 1. The third-order valence-electron chi connectivity index (χ3n) is 5.13. The van der Waals surface area contributed by atoms with E-state index in [1.165, 1.54) is 12.1 Å². The van der Waals surface area contributed by atoms with Crippen molar-refractivity contribution in [3.63, 3.8) is 0 Å². The zero-order chi connectivity index (χ0) is 24.1. The molecule has 0 unspecified atom stereocenters. The van der Waals surface area contributed by atoms with Gasteiger partial charge in [0.1, 0.15) is 12.3 Å². The van der Waals surface area contributed by atoms with Gasteiger partial charge in [-0.25, -0.2) is 0 Å². The van der Waals surface area contributed by atoms with Crippen molar-refractivity contribution < 1.29 is 19.2 Å². The summed E-state index contributed by atoms with van der Waals surface area (Å²) >= 11 is 0. The number of hydrogen-bond donors (Lipinski definition) is 2. The van der Waals surface area contributed by atoms with E-state index >= 15 is 0 Å². The molecule has 0 aliphatic carbocycles. The van der Waals surface area contributed by atoms with Gasteiger partial charge in [-0.15, -0.1) is 0 Å². The predicted molar refractivity (Wildman–Crippen MR) is 129 cm³/mol. The van der Waals surface area contributed by atoms with Crippen molar-refractivity contribution in [2.45, 2.75) is 13.5 Å². The van der Waals surface area contributed by atoms with Crippen LogP contribution in [0, 0.1) is 10.1 Å². The average molecular weight is 458 g/mol. The van der Waals surface area contributed by atoms with Gasteiger partial charge < -0.3 is 19.9 Å². The molecule has 1 heterocycles. The number of non-ortho nitro benzene ring substituents is 1. The first-order valence-electron chi connectivity index (χ1n) is 10.6. The Morgan fingerprint density at radius 1 is 0.941 bits per heavy atom. The predicted octanol–water partition coefficient (Wildman–Crippen LogP) is 4.84. The smallest absolute Gasteiger partial charge is 0.270 e. The monoisotopic (exact) mass is 458 g/mol. The van der Waals surface area contributed by atoms with Crippen molar-refractivity contribution in [2.24, 2.45) is 0 Å². The van der Waals surface area contributed by atoms with Gasteiger partial charge in [0.15, 0.2) is 0 Å². The molecule has 0 bridgehead atoms. The Kier molecular flexibility index (Phi) is 6.54. The van der Waals surface area contributed by atoms with E-state index < -0.39 is 4.92 Å². The van der Waals surface area contributed by atoms with Crippen molar-refractivity contribution in [1.29, 1.82) is 0 Å². The Labute approximate surface area is 195 Å². The van der Waals surface area contributed by atoms with Gasteiger partial charge in [0, 0.05) is 46.2 Å². The lowest BCUT2D eigenvalue weighted by atomic mass is 10.2. The van der Waals surface area contributed by atoms with Gasteiger partial charge in [-0.05, 0) is 67.6 Å². The van der Waals surface area contributed by atoms with Crippen molar-refractivity contribution >= 4 is 39.8 Å². The zero-order valence-corrected chi connectivity index (χ0v) is 18.4. The number of carbonyl (C=O) groups excluding carboxylic acids is 2. The van der Waals surface area contributed by atoms with E-state index in [9.17, 15) is 19.7 Å². The van der Waals surface area contributed by atoms with Crippen LogP contribution in [0.4, 0.5) is 17.1 Å².